The summed E-state index contributed by atoms with van der Waals surface area (Å²) >= 11 is 7.36. The molecule has 1 amide bonds. The maximum Gasteiger partial charge on any atom is 0.231 e. The van der Waals surface area contributed by atoms with Crippen molar-refractivity contribution < 1.29 is 14.3 Å². The second-order valence-electron chi connectivity index (χ2n) is 5.76. The zero-order valence-corrected chi connectivity index (χ0v) is 16.8. The number of hydrogen-bond acceptors (Lipinski definition) is 7. The SMILES string of the molecule is CCN(CC)c1cc(Cl)nc(SCC(=O)NCc2ccc3c(c2)OCO3)n1. The number of carbonyl (C=O) groups is 1. The minimum Gasteiger partial charge on any atom is -0.454 e. The second kappa shape index (κ2) is 9.14. The zero-order chi connectivity index (χ0) is 19.2. The number of ether oxygens (including phenoxy) is 2. The monoisotopic (exact) mass is 408 g/mol. The Hall–Kier alpha value is -2.19. The molecule has 0 saturated heterocycles. The van der Waals surface area contributed by atoms with Gasteiger partial charge in [0.05, 0.1) is 5.75 Å². The van der Waals surface area contributed by atoms with Crippen LogP contribution in [-0.2, 0) is 11.3 Å². The van der Waals surface area contributed by atoms with Gasteiger partial charge in [-0.25, -0.2) is 9.97 Å². The van der Waals surface area contributed by atoms with Crippen LogP contribution in [0.3, 0.4) is 0 Å². The topological polar surface area (TPSA) is 76.6 Å². The number of halogens is 1. The van der Waals surface area contributed by atoms with Gasteiger partial charge in [0, 0.05) is 25.7 Å². The van der Waals surface area contributed by atoms with Crippen LogP contribution in [0.2, 0.25) is 5.15 Å². The lowest BCUT2D eigenvalue weighted by Crippen LogP contribution is -2.25. The van der Waals surface area contributed by atoms with E-state index >= 15 is 0 Å². The lowest BCUT2D eigenvalue weighted by Gasteiger charge is -2.20. The molecule has 2 aromatic rings. The highest BCUT2D eigenvalue weighted by Gasteiger charge is 2.14. The minimum atomic E-state index is -0.106. The first-order valence-corrected chi connectivity index (χ1v) is 10.0. The van der Waals surface area contributed by atoms with E-state index < -0.39 is 0 Å². The highest BCUT2D eigenvalue weighted by Crippen LogP contribution is 2.32. The molecule has 7 nitrogen and oxygen atoms in total. The highest BCUT2D eigenvalue weighted by atomic mass is 35.5. The molecule has 0 spiro atoms. The average molecular weight is 409 g/mol. The highest BCUT2D eigenvalue weighted by molar-refractivity contribution is 7.99. The Bertz CT molecular complexity index is 817. The van der Waals surface area contributed by atoms with Crippen molar-refractivity contribution in [3.63, 3.8) is 0 Å². The molecule has 2 heterocycles. The van der Waals surface area contributed by atoms with Crippen molar-refractivity contribution in [1.82, 2.24) is 15.3 Å². The Morgan fingerprint density at radius 2 is 2.00 bits per heavy atom. The molecule has 144 valence electrons. The van der Waals surface area contributed by atoms with Gasteiger partial charge >= 0.3 is 0 Å². The van der Waals surface area contributed by atoms with Gasteiger partial charge in [-0.3, -0.25) is 4.79 Å². The van der Waals surface area contributed by atoms with Crippen LogP contribution in [-0.4, -0.2) is 41.5 Å². The van der Waals surface area contributed by atoms with Crippen molar-refractivity contribution in [3.8, 4) is 11.5 Å². The summed E-state index contributed by atoms with van der Waals surface area (Å²) in [5.74, 6) is 2.30. The number of fused-ring (bicyclic) bond motifs is 1. The molecule has 3 rings (SSSR count). The summed E-state index contributed by atoms with van der Waals surface area (Å²) < 4.78 is 10.6. The number of rotatable bonds is 8. The fourth-order valence-electron chi connectivity index (χ4n) is 2.59. The van der Waals surface area contributed by atoms with Gasteiger partial charge in [-0.2, -0.15) is 0 Å². The van der Waals surface area contributed by atoms with E-state index in [4.69, 9.17) is 21.1 Å². The number of amides is 1. The summed E-state index contributed by atoms with van der Waals surface area (Å²) in [5.41, 5.74) is 0.945. The van der Waals surface area contributed by atoms with Crippen LogP contribution in [0.15, 0.2) is 29.4 Å². The van der Waals surface area contributed by atoms with Crippen LogP contribution in [0, 0.1) is 0 Å². The number of nitrogens with zero attached hydrogens (tertiary/aromatic N) is 3. The smallest absolute Gasteiger partial charge is 0.231 e. The number of benzene rings is 1. The van der Waals surface area contributed by atoms with Gasteiger partial charge in [-0.15, -0.1) is 0 Å². The van der Waals surface area contributed by atoms with E-state index in [0.29, 0.717) is 22.6 Å². The number of nitrogens with one attached hydrogen (secondary N) is 1. The van der Waals surface area contributed by atoms with Crippen molar-refractivity contribution in [2.45, 2.75) is 25.5 Å². The molecule has 1 N–H and O–H groups in total. The van der Waals surface area contributed by atoms with Gasteiger partial charge in [0.2, 0.25) is 12.7 Å². The number of carbonyl (C=O) groups excluding carboxylic acids is 1. The summed E-state index contributed by atoms with van der Waals surface area (Å²) in [6, 6.07) is 7.34. The molecular weight excluding hydrogens is 388 g/mol. The van der Waals surface area contributed by atoms with E-state index in [1.165, 1.54) is 11.8 Å². The van der Waals surface area contributed by atoms with Gasteiger partial charge < -0.3 is 19.7 Å². The molecular formula is C18H21ClN4O3S. The van der Waals surface area contributed by atoms with Crippen molar-refractivity contribution in [2.75, 3.05) is 30.5 Å². The molecule has 0 atom stereocenters. The largest absolute Gasteiger partial charge is 0.454 e. The van der Waals surface area contributed by atoms with Crippen LogP contribution in [0.4, 0.5) is 5.82 Å². The molecule has 0 bridgehead atoms. The predicted octanol–water partition coefficient (Wildman–Crippen LogP) is 3.11. The van der Waals surface area contributed by atoms with Gasteiger partial charge in [-0.05, 0) is 31.5 Å². The van der Waals surface area contributed by atoms with Crippen molar-refractivity contribution >= 4 is 35.1 Å². The molecule has 1 aromatic carbocycles. The lowest BCUT2D eigenvalue weighted by molar-refractivity contribution is -0.118. The van der Waals surface area contributed by atoms with Gasteiger partial charge in [0.15, 0.2) is 16.7 Å². The maximum atomic E-state index is 12.2. The normalized spacial score (nSPS) is 12.1. The number of hydrogen-bond donors (Lipinski definition) is 1. The third-order valence-electron chi connectivity index (χ3n) is 4.01. The summed E-state index contributed by atoms with van der Waals surface area (Å²) in [7, 11) is 0. The fourth-order valence-corrected chi connectivity index (χ4v) is 3.50. The molecule has 0 unspecified atom stereocenters. The maximum absolute atomic E-state index is 12.2. The van der Waals surface area contributed by atoms with Crippen LogP contribution in [0.5, 0.6) is 11.5 Å². The van der Waals surface area contributed by atoms with E-state index in [9.17, 15) is 4.79 Å². The summed E-state index contributed by atoms with van der Waals surface area (Å²) in [6.45, 7) is 6.40. The average Bonchev–Trinajstić information content (AvgIpc) is 3.13. The molecule has 27 heavy (non-hydrogen) atoms. The van der Waals surface area contributed by atoms with E-state index in [2.05, 4.69) is 34.0 Å². The molecule has 0 saturated carbocycles. The molecule has 1 aliphatic heterocycles. The fraction of sp³-hybridized carbons (Fsp3) is 0.389. The molecule has 0 radical (unpaired) electrons. The molecule has 0 aliphatic carbocycles. The van der Waals surface area contributed by atoms with Crippen molar-refractivity contribution in [1.29, 1.82) is 0 Å². The quantitative estimate of drug-likeness (QED) is 0.408. The first-order chi connectivity index (χ1) is 13.1. The summed E-state index contributed by atoms with van der Waals surface area (Å²) in [4.78, 5) is 22.9. The Labute approximate surface area is 167 Å². The third-order valence-corrected chi connectivity index (χ3v) is 5.05. The summed E-state index contributed by atoms with van der Waals surface area (Å²) in [6.07, 6.45) is 0. The lowest BCUT2D eigenvalue weighted by atomic mass is 10.2. The van der Waals surface area contributed by atoms with E-state index in [0.717, 1.165) is 30.2 Å². The van der Waals surface area contributed by atoms with Gasteiger partial charge in [-0.1, -0.05) is 29.4 Å². The van der Waals surface area contributed by atoms with Gasteiger partial charge in [0.1, 0.15) is 11.0 Å². The Morgan fingerprint density at radius 1 is 1.22 bits per heavy atom. The number of thioether (sulfide) groups is 1. The number of aromatic nitrogens is 2. The van der Waals surface area contributed by atoms with Crippen LogP contribution in [0.1, 0.15) is 19.4 Å². The van der Waals surface area contributed by atoms with Crippen molar-refractivity contribution in [2.24, 2.45) is 0 Å². The summed E-state index contributed by atoms with van der Waals surface area (Å²) in [5, 5.41) is 3.74. The third kappa shape index (κ3) is 5.17. The minimum absolute atomic E-state index is 0.106. The van der Waals surface area contributed by atoms with Crippen molar-refractivity contribution in [3.05, 3.63) is 35.0 Å². The van der Waals surface area contributed by atoms with E-state index in [1.807, 2.05) is 18.2 Å². The van der Waals surface area contributed by atoms with Crippen LogP contribution in [0.25, 0.3) is 0 Å². The van der Waals surface area contributed by atoms with E-state index in [-0.39, 0.29) is 18.5 Å². The zero-order valence-electron chi connectivity index (χ0n) is 15.2. The Kier molecular flexibility index (Phi) is 6.63. The Balaban J connectivity index is 1.53. The predicted molar refractivity (Wildman–Crippen MR) is 106 cm³/mol. The second-order valence-corrected chi connectivity index (χ2v) is 7.09. The van der Waals surface area contributed by atoms with Crippen LogP contribution >= 0.6 is 23.4 Å². The van der Waals surface area contributed by atoms with Gasteiger partial charge in [0.25, 0.3) is 0 Å². The molecule has 1 aromatic heterocycles. The van der Waals surface area contributed by atoms with Crippen LogP contribution < -0.4 is 19.7 Å². The first kappa shape index (κ1) is 19.6. The Morgan fingerprint density at radius 3 is 2.78 bits per heavy atom. The molecule has 0 fully saturated rings. The number of anilines is 1. The molecule has 1 aliphatic rings. The van der Waals surface area contributed by atoms with E-state index in [1.54, 1.807) is 6.07 Å². The standard InChI is InChI=1S/C18H21ClN4O3S/c1-3-23(4-2)16-8-15(19)21-18(22-16)27-10-17(24)20-9-12-5-6-13-14(7-12)26-11-25-13/h5-8H,3-4,9-11H2,1-2H3,(H,20,24). The first-order valence-electron chi connectivity index (χ1n) is 8.66. The molecule has 9 heteroatoms.